The van der Waals surface area contributed by atoms with E-state index in [4.69, 9.17) is 4.74 Å². The van der Waals surface area contributed by atoms with E-state index >= 15 is 0 Å². The van der Waals surface area contributed by atoms with Crippen LogP contribution in [-0.2, 0) is 9.53 Å². The van der Waals surface area contributed by atoms with Crippen molar-refractivity contribution in [2.45, 2.75) is 6.92 Å². The molecule has 0 saturated heterocycles. The van der Waals surface area contributed by atoms with Crippen LogP contribution in [0.3, 0.4) is 0 Å². The quantitative estimate of drug-likeness (QED) is 0.882. The van der Waals surface area contributed by atoms with Crippen molar-refractivity contribution in [1.29, 1.82) is 0 Å². The van der Waals surface area contributed by atoms with E-state index in [1.807, 2.05) is 6.92 Å². The Morgan fingerprint density at radius 1 is 1.20 bits per heavy atom. The summed E-state index contributed by atoms with van der Waals surface area (Å²) in [4.78, 5) is 24.6. The number of aryl methyl sites for hydroxylation is 1. The van der Waals surface area contributed by atoms with E-state index in [1.165, 1.54) is 35.6 Å². The van der Waals surface area contributed by atoms with Gasteiger partial charge in [-0.15, -0.1) is 11.3 Å². The average molecular weight is 293 g/mol. The molecule has 1 N–H and O–H groups in total. The molecule has 20 heavy (non-hydrogen) atoms. The monoisotopic (exact) mass is 293 g/mol. The second kappa shape index (κ2) is 6.29. The maximum Gasteiger partial charge on any atom is 0.348 e. The minimum Gasteiger partial charge on any atom is -0.451 e. The Balaban J connectivity index is 1.83. The molecule has 0 aliphatic heterocycles. The molecule has 2 rings (SSSR count). The highest BCUT2D eigenvalue weighted by Crippen LogP contribution is 2.16. The molecule has 4 nitrogen and oxygen atoms in total. The molecule has 0 aliphatic carbocycles. The maximum absolute atomic E-state index is 12.7. The lowest BCUT2D eigenvalue weighted by Crippen LogP contribution is -2.20. The molecule has 0 atom stereocenters. The van der Waals surface area contributed by atoms with Gasteiger partial charge in [-0.3, -0.25) is 4.79 Å². The van der Waals surface area contributed by atoms with Gasteiger partial charge in [0.1, 0.15) is 10.7 Å². The van der Waals surface area contributed by atoms with Crippen molar-refractivity contribution >= 4 is 28.9 Å². The number of anilines is 1. The van der Waals surface area contributed by atoms with Crippen LogP contribution in [0.5, 0.6) is 0 Å². The van der Waals surface area contributed by atoms with Gasteiger partial charge in [0.2, 0.25) is 0 Å². The van der Waals surface area contributed by atoms with Crippen LogP contribution < -0.4 is 5.32 Å². The first-order chi connectivity index (χ1) is 9.54. The fraction of sp³-hybridized carbons (Fsp3) is 0.143. The molecule has 0 fully saturated rings. The number of carbonyl (C=O) groups is 2. The number of rotatable bonds is 4. The smallest absolute Gasteiger partial charge is 0.348 e. The first-order valence-corrected chi connectivity index (χ1v) is 6.65. The topological polar surface area (TPSA) is 55.4 Å². The SMILES string of the molecule is Cc1ccc(C(=O)OCC(=O)Nc2ccc(F)cc2)s1. The van der Waals surface area contributed by atoms with Gasteiger partial charge in [-0.1, -0.05) is 0 Å². The molecule has 1 amide bonds. The third-order valence-corrected chi connectivity index (χ3v) is 3.38. The van der Waals surface area contributed by atoms with E-state index in [1.54, 1.807) is 12.1 Å². The molecule has 0 spiro atoms. The third kappa shape index (κ3) is 3.89. The standard InChI is InChI=1S/C14H12FNO3S/c1-9-2-7-12(20-9)14(18)19-8-13(17)16-11-5-3-10(15)4-6-11/h2-7H,8H2,1H3,(H,16,17). The molecule has 0 saturated carbocycles. The summed E-state index contributed by atoms with van der Waals surface area (Å²) in [7, 11) is 0. The summed E-state index contributed by atoms with van der Waals surface area (Å²) in [6, 6.07) is 8.78. The van der Waals surface area contributed by atoms with Gasteiger partial charge in [0.15, 0.2) is 6.61 Å². The molecule has 2 aromatic rings. The number of halogens is 1. The summed E-state index contributed by atoms with van der Waals surface area (Å²) in [6.07, 6.45) is 0. The Bertz CT molecular complexity index is 622. The van der Waals surface area contributed by atoms with Crippen molar-refractivity contribution in [3.63, 3.8) is 0 Å². The number of carbonyl (C=O) groups excluding carboxylic acids is 2. The van der Waals surface area contributed by atoms with Crippen molar-refractivity contribution in [3.05, 3.63) is 52.0 Å². The van der Waals surface area contributed by atoms with E-state index < -0.39 is 11.9 Å². The molecule has 104 valence electrons. The van der Waals surface area contributed by atoms with E-state index in [2.05, 4.69) is 5.32 Å². The Morgan fingerprint density at radius 2 is 1.90 bits per heavy atom. The number of thiophene rings is 1. The number of esters is 1. The van der Waals surface area contributed by atoms with Gasteiger partial charge >= 0.3 is 5.97 Å². The average Bonchev–Trinajstić information content (AvgIpc) is 2.85. The van der Waals surface area contributed by atoms with Crippen LogP contribution in [-0.4, -0.2) is 18.5 Å². The zero-order chi connectivity index (χ0) is 14.5. The molecule has 0 bridgehead atoms. The molecule has 0 radical (unpaired) electrons. The summed E-state index contributed by atoms with van der Waals surface area (Å²) in [5.41, 5.74) is 0.444. The molecule has 1 aromatic heterocycles. The summed E-state index contributed by atoms with van der Waals surface area (Å²) in [5, 5.41) is 2.50. The van der Waals surface area contributed by atoms with Gasteiger partial charge in [0, 0.05) is 10.6 Å². The highest BCUT2D eigenvalue weighted by molar-refractivity contribution is 7.13. The summed E-state index contributed by atoms with van der Waals surface area (Å²) < 4.78 is 17.6. The largest absolute Gasteiger partial charge is 0.451 e. The van der Waals surface area contributed by atoms with E-state index in [9.17, 15) is 14.0 Å². The van der Waals surface area contributed by atoms with Crippen molar-refractivity contribution < 1.29 is 18.7 Å². The Morgan fingerprint density at radius 3 is 2.50 bits per heavy atom. The normalized spacial score (nSPS) is 10.1. The van der Waals surface area contributed by atoms with Crippen LogP contribution in [0.15, 0.2) is 36.4 Å². The number of amides is 1. The lowest BCUT2D eigenvalue weighted by molar-refractivity contribution is -0.119. The summed E-state index contributed by atoms with van der Waals surface area (Å²) in [6.45, 7) is 1.50. The molecule has 0 unspecified atom stereocenters. The van der Waals surface area contributed by atoms with Crippen LogP contribution in [0.4, 0.5) is 10.1 Å². The molecule has 1 aromatic carbocycles. The number of benzene rings is 1. The van der Waals surface area contributed by atoms with Gasteiger partial charge in [-0.25, -0.2) is 9.18 Å². The highest BCUT2D eigenvalue weighted by atomic mass is 32.1. The maximum atomic E-state index is 12.7. The van der Waals surface area contributed by atoms with Crippen LogP contribution in [0.2, 0.25) is 0 Å². The molecule has 6 heteroatoms. The van der Waals surface area contributed by atoms with Crippen molar-refractivity contribution in [2.75, 3.05) is 11.9 Å². The van der Waals surface area contributed by atoms with Gasteiger partial charge in [0.25, 0.3) is 5.91 Å². The molecular formula is C14H12FNO3S. The zero-order valence-electron chi connectivity index (χ0n) is 10.7. The summed E-state index contributed by atoms with van der Waals surface area (Å²) in [5.74, 6) is -1.39. The van der Waals surface area contributed by atoms with Crippen LogP contribution in [0, 0.1) is 12.7 Å². The second-order valence-electron chi connectivity index (χ2n) is 4.04. The van der Waals surface area contributed by atoms with Crippen LogP contribution in [0.25, 0.3) is 0 Å². The van der Waals surface area contributed by atoms with Gasteiger partial charge < -0.3 is 10.1 Å². The highest BCUT2D eigenvalue weighted by Gasteiger charge is 2.12. The van der Waals surface area contributed by atoms with E-state index in [0.717, 1.165) is 4.88 Å². The fourth-order valence-electron chi connectivity index (χ4n) is 1.48. The Kier molecular flexibility index (Phi) is 4.47. The second-order valence-corrected chi connectivity index (χ2v) is 5.33. The first kappa shape index (κ1) is 14.2. The van der Waals surface area contributed by atoms with Gasteiger partial charge in [0.05, 0.1) is 0 Å². The van der Waals surface area contributed by atoms with Crippen LogP contribution >= 0.6 is 11.3 Å². The molecular weight excluding hydrogens is 281 g/mol. The van der Waals surface area contributed by atoms with Gasteiger partial charge in [-0.05, 0) is 43.3 Å². The van der Waals surface area contributed by atoms with Crippen molar-refractivity contribution in [1.82, 2.24) is 0 Å². The summed E-state index contributed by atoms with van der Waals surface area (Å²) >= 11 is 1.31. The van der Waals surface area contributed by atoms with Crippen molar-refractivity contribution in [3.8, 4) is 0 Å². The molecule has 1 heterocycles. The minimum atomic E-state index is -0.530. The van der Waals surface area contributed by atoms with Gasteiger partial charge in [-0.2, -0.15) is 0 Å². The minimum absolute atomic E-state index is 0.382. The Hall–Kier alpha value is -2.21. The molecule has 0 aliphatic rings. The Labute approximate surface area is 119 Å². The number of nitrogens with one attached hydrogen (secondary N) is 1. The van der Waals surface area contributed by atoms with E-state index in [0.29, 0.717) is 10.6 Å². The first-order valence-electron chi connectivity index (χ1n) is 5.83. The number of ether oxygens (including phenoxy) is 1. The lowest BCUT2D eigenvalue weighted by atomic mass is 10.3. The zero-order valence-corrected chi connectivity index (χ0v) is 11.5. The number of hydrogen-bond acceptors (Lipinski definition) is 4. The predicted molar refractivity (Wildman–Crippen MR) is 74.4 cm³/mol. The fourth-order valence-corrected chi connectivity index (χ4v) is 2.24. The lowest BCUT2D eigenvalue weighted by Gasteiger charge is -2.05. The van der Waals surface area contributed by atoms with Crippen molar-refractivity contribution in [2.24, 2.45) is 0 Å². The number of hydrogen-bond donors (Lipinski definition) is 1. The van der Waals surface area contributed by atoms with Crippen LogP contribution in [0.1, 0.15) is 14.5 Å². The third-order valence-electron chi connectivity index (χ3n) is 2.40. The predicted octanol–water partition coefficient (Wildman–Crippen LogP) is 2.99. The van der Waals surface area contributed by atoms with E-state index in [-0.39, 0.29) is 12.4 Å².